The van der Waals surface area contributed by atoms with Gasteiger partial charge in [-0.2, -0.15) is 5.10 Å². The normalized spacial score (nSPS) is 31.5. The summed E-state index contributed by atoms with van der Waals surface area (Å²) < 4.78 is 1.67. The minimum Gasteiger partial charge on any atom is -0.277 e. The summed E-state index contributed by atoms with van der Waals surface area (Å²) >= 11 is 0. The molecular formula is C23H30N4O. The monoisotopic (exact) mass is 378 g/mol. The molecule has 148 valence electrons. The molecule has 2 aromatic rings. The second-order valence-electron chi connectivity index (χ2n) is 9.56. The number of para-hydroxylation sites is 1. The molecular weight excluding hydrogens is 348 g/mol. The van der Waals surface area contributed by atoms with Gasteiger partial charge in [0, 0.05) is 12.3 Å². The van der Waals surface area contributed by atoms with E-state index in [9.17, 15) is 4.79 Å². The van der Waals surface area contributed by atoms with Crippen molar-refractivity contribution in [3.8, 4) is 0 Å². The highest BCUT2D eigenvalue weighted by molar-refractivity contribution is 5.83. The Labute approximate surface area is 166 Å². The zero-order chi connectivity index (χ0) is 19.3. The van der Waals surface area contributed by atoms with Crippen LogP contribution in [0.3, 0.4) is 0 Å². The van der Waals surface area contributed by atoms with E-state index in [1.165, 1.54) is 38.5 Å². The summed E-state index contributed by atoms with van der Waals surface area (Å²) in [6, 6.07) is 7.51. The molecule has 6 rings (SSSR count). The summed E-state index contributed by atoms with van der Waals surface area (Å²) in [7, 11) is 0. The van der Waals surface area contributed by atoms with Crippen LogP contribution < -0.4 is 11.0 Å². The number of hydrogen-bond acceptors (Lipinski definition) is 4. The van der Waals surface area contributed by atoms with Crippen LogP contribution in [0.1, 0.15) is 58.8 Å². The average molecular weight is 379 g/mol. The van der Waals surface area contributed by atoms with Gasteiger partial charge in [0.1, 0.15) is 0 Å². The Kier molecular flexibility index (Phi) is 4.29. The molecule has 28 heavy (non-hydrogen) atoms. The molecule has 4 saturated carbocycles. The third-order valence-electron chi connectivity index (χ3n) is 7.32. The summed E-state index contributed by atoms with van der Waals surface area (Å²) in [5.74, 6) is 3.41. The highest BCUT2D eigenvalue weighted by Gasteiger charge is 2.50. The number of hydrogen-bond donors (Lipinski definition) is 1. The van der Waals surface area contributed by atoms with Crippen LogP contribution in [0.5, 0.6) is 0 Å². The largest absolute Gasteiger partial charge is 0.277 e. The first-order valence-corrected chi connectivity index (χ1v) is 10.8. The molecule has 5 nitrogen and oxygen atoms in total. The summed E-state index contributed by atoms with van der Waals surface area (Å²) in [4.78, 5) is 17.4. The Hall–Kier alpha value is -2.17. The summed E-state index contributed by atoms with van der Waals surface area (Å²) in [5, 5.41) is 5.33. The first-order valence-electron chi connectivity index (χ1n) is 10.8. The topological polar surface area (TPSA) is 59.3 Å². The lowest BCUT2D eigenvalue weighted by molar-refractivity contribution is -0.0482. The Bertz CT molecular complexity index is 954. The fourth-order valence-corrected chi connectivity index (χ4v) is 6.78. The van der Waals surface area contributed by atoms with Crippen molar-refractivity contribution in [2.45, 2.75) is 65.3 Å². The fraction of sp³-hybridized carbons (Fsp3) is 0.609. The number of nitrogens with one attached hydrogen (secondary N) is 1. The number of nitrogens with zero attached hydrogens (tertiary/aromatic N) is 3. The van der Waals surface area contributed by atoms with E-state index in [4.69, 9.17) is 0 Å². The van der Waals surface area contributed by atoms with Crippen molar-refractivity contribution in [2.75, 3.05) is 5.43 Å². The fourth-order valence-electron chi connectivity index (χ4n) is 6.78. The van der Waals surface area contributed by atoms with Crippen LogP contribution >= 0.6 is 0 Å². The highest BCUT2D eigenvalue weighted by Crippen LogP contribution is 2.61. The maximum atomic E-state index is 12.8. The predicted molar refractivity (Wildman–Crippen MR) is 114 cm³/mol. The van der Waals surface area contributed by atoms with Crippen LogP contribution in [0.15, 0.2) is 34.2 Å². The Morgan fingerprint density at radius 3 is 2.46 bits per heavy atom. The standard InChI is InChI=1S/C23H30N4O/c1-3-27-21(28)19-6-4-5-7-20(19)24-22(27)26-25-15(2)11-23-12-16-8-17(13-23)10-18(9-16)14-23/h4-7,16-18H,3,8-14H2,1-2H3,(H,24,26)/b25-15-. The lowest BCUT2D eigenvalue weighted by atomic mass is 9.48. The minimum absolute atomic E-state index is 0.00969. The van der Waals surface area contributed by atoms with Gasteiger partial charge in [-0.15, -0.1) is 0 Å². The average Bonchev–Trinajstić information content (AvgIpc) is 2.65. The lowest BCUT2D eigenvalue weighted by Crippen LogP contribution is -2.46. The molecule has 0 aliphatic heterocycles. The van der Waals surface area contributed by atoms with Crippen LogP contribution in [0.4, 0.5) is 5.95 Å². The van der Waals surface area contributed by atoms with Crippen molar-refractivity contribution in [1.82, 2.24) is 9.55 Å². The third kappa shape index (κ3) is 3.05. The molecule has 1 aromatic heterocycles. The summed E-state index contributed by atoms with van der Waals surface area (Å²) in [6.45, 7) is 4.67. The van der Waals surface area contributed by atoms with Crippen molar-refractivity contribution in [3.63, 3.8) is 0 Å². The number of hydrazone groups is 1. The van der Waals surface area contributed by atoms with Gasteiger partial charge in [0.2, 0.25) is 5.95 Å². The predicted octanol–water partition coefficient (Wildman–Crippen LogP) is 4.81. The zero-order valence-corrected chi connectivity index (χ0v) is 16.9. The second kappa shape index (κ2) is 6.71. The maximum absolute atomic E-state index is 12.8. The molecule has 0 spiro atoms. The SMILES string of the molecule is CCn1c(N/N=C(/C)CC23CC4CC(CC(C4)C2)C3)nc2ccccc2c1=O. The van der Waals surface area contributed by atoms with Crippen LogP contribution in [-0.2, 0) is 6.54 Å². The van der Waals surface area contributed by atoms with Crippen molar-refractivity contribution in [3.05, 3.63) is 34.6 Å². The highest BCUT2D eigenvalue weighted by atomic mass is 16.1. The van der Waals surface area contributed by atoms with Gasteiger partial charge in [0.05, 0.1) is 10.9 Å². The second-order valence-corrected chi connectivity index (χ2v) is 9.56. The van der Waals surface area contributed by atoms with E-state index in [1.54, 1.807) is 4.57 Å². The Morgan fingerprint density at radius 1 is 1.18 bits per heavy atom. The van der Waals surface area contributed by atoms with Gasteiger partial charge < -0.3 is 0 Å². The molecule has 1 aromatic carbocycles. The van der Waals surface area contributed by atoms with Crippen molar-refractivity contribution < 1.29 is 0 Å². The zero-order valence-electron chi connectivity index (χ0n) is 16.9. The van der Waals surface area contributed by atoms with Crippen LogP contribution in [0, 0.1) is 23.2 Å². The molecule has 1 N–H and O–H groups in total. The molecule has 4 bridgehead atoms. The Balaban J connectivity index is 1.38. The number of benzene rings is 1. The third-order valence-corrected chi connectivity index (χ3v) is 7.32. The van der Waals surface area contributed by atoms with Crippen molar-refractivity contribution in [1.29, 1.82) is 0 Å². The lowest BCUT2D eigenvalue weighted by Gasteiger charge is -2.57. The quantitative estimate of drug-likeness (QED) is 0.600. The van der Waals surface area contributed by atoms with E-state index in [2.05, 4.69) is 22.4 Å². The number of aromatic nitrogens is 2. The van der Waals surface area contributed by atoms with Crippen LogP contribution in [0.2, 0.25) is 0 Å². The molecule has 0 radical (unpaired) electrons. The summed E-state index contributed by atoms with van der Waals surface area (Å²) in [6.07, 6.45) is 9.65. The van der Waals surface area contributed by atoms with Crippen LogP contribution in [-0.4, -0.2) is 15.3 Å². The van der Waals surface area contributed by atoms with E-state index in [1.807, 2.05) is 31.2 Å². The molecule has 0 atom stereocenters. The van der Waals surface area contributed by atoms with Gasteiger partial charge in [0.15, 0.2) is 0 Å². The summed E-state index contributed by atoms with van der Waals surface area (Å²) in [5.41, 5.74) is 5.43. The van der Waals surface area contributed by atoms with E-state index >= 15 is 0 Å². The minimum atomic E-state index is -0.00969. The maximum Gasteiger partial charge on any atom is 0.262 e. The molecule has 0 amide bonds. The van der Waals surface area contributed by atoms with Crippen molar-refractivity contribution in [2.24, 2.45) is 28.3 Å². The Morgan fingerprint density at radius 2 is 1.82 bits per heavy atom. The van der Waals surface area contributed by atoms with Gasteiger partial charge >= 0.3 is 0 Å². The van der Waals surface area contributed by atoms with Gasteiger partial charge in [-0.1, -0.05) is 12.1 Å². The van der Waals surface area contributed by atoms with Gasteiger partial charge in [-0.05, 0) is 94.1 Å². The molecule has 0 unspecified atom stereocenters. The van der Waals surface area contributed by atoms with Crippen LogP contribution in [0.25, 0.3) is 10.9 Å². The van der Waals surface area contributed by atoms with E-state index in [0.717, 1.165) is 29.9 Å². The van der Waals surface area contributed by atoms with Gasteiger partial charge in [-0.3, -0.25) is 9.36 Å². The van der Waals surface area contributed by atoms with E-state index in [0.29, 0.717) is 28.8 Å². The molecule has 5 heteroatoms. The first kappa shape index (κ1) is 17.9. The van der Waals surface area contributed by atoms with E-state index < -0.39 is 0 Å². The van der Waals surface area contributed by atoms with Gasteiger partial charge in [0.25, 0.3) is 5.56 Å². The molecule has 4 aliphatic carbocycles. The number of anilines is 1. The van der Waals surface area contributed by atoms with E-state index in [-0.39, 0.29) is 5.56 Å². The number of fused-ring (bicyclic) bond motifs is 1. The molecule has 4 fully saturated rings. The molecule has 0 saturated heterocycles. The van der Waals surface area contributed by atoms with Crippen molar-refractivity contribution >= 4 is 22.6 Å². The first-order chi connectivity index (χ1) is 13.5. The molecule has 4 aliphatic rings. The smallest absolute Gasteiger partial charge is 0.262 e. The van der Waals surface area contributed by atoms with Gasteiger partial charge in [-0.25, -0.2) is 10.4 Å². The molecule has 1 heterocycles. The number of rotatable bonds is 5.